The highest BCUT2D eigenvalue weighted by atomic mass is 32.1. The van der Waals surface area contributed by atoms with Crippen molar-refractivity contribution in [1.29, 1.82) is 0 Å². The number of pyridine rings is 1. The first-order valence-electron chi connectivity index (χ1n) is 8.87. The molecular weight excluding hydrogens is 362 g/mol. The van der Waals surface area contributed by atoms with E-state index in [1.165, 1.54) is 22.0 Å². The zero-order valence-corrected chi connectivity index (χ0v) is 16.9. The van der Waals surface area contributed by atoms with Gasteiger partial charge in [-0.1, -0.05) is 33.8 Å². The lowest BCUT2D eigenvalue weighted by Crippen LogP contribution is -2.38. The molecule has 0 fully saturated rings. The van der Waals surface area contributed by atoms with Gasteiger partial charge in [-0.25, -0.2) is 0 Å². The van der Waals surface area contributed by atoms with Crippen molar-refractivity contribution in [3.05, 3.63) is 49.6 Å². The Bertz CT molecular complexity index is 982. The normalized spacial score (nSPS) is 13.0. The lowest BCUT2D eigenvalue weighted by molar-refractivity contribution is -0.122. The van der Waals surface area contributed by atoms with Crippen LogP contribution in [0.3, 0.4) is 0 Å². The average molecular weight is 388 g/mol. The number of carbonyl (C=O) groups excluding carboxylic acids is 2. The lowest BCUT2D eigenvalue weighted by Gasteiger charge is -2.12. The maximum atomic E-state index is 12.8. The lowest BCUT2D eigenvalue weighted by atomic mass is 9.91. The van der Waals surface area contributed by atoms with Gasteiger partial charge in [0, 0.05) is 24.2 Å². The molecule has 2 aromatic rings. The second-order valence-corrected chi connectivity index (χ2v) is 8.27. The van der Waals surface area contributed by atoms with E-state index in [-0.39, 0.29) is 23.8 Å². The van der Waals surface area contributed by atoms with Gasteiger partial charge in [-0.3, -0.25) is 23.9 Å². The molecule has 27 heavy (non-hydrogen) atoms. The maximum Gasteiger partial charge on any atom is 0.269 e. The van der Waals surface area contributed by atoms with Gasteiger partial charge in [0.05, 0.1) is 10.2 Å². The fraction of sp³-hybridized carbons (Fsp3) is 0.400. The number of thiazole rings is 1. The van der Waals surface area contributed by atoms with E-state index in [2.05, 4.69) is 10.3 Å². The van der Waals surface area contributed by atoms with E-state index in [0.717, 1.165) is 6.42 Å². The Balaban J connectivity index is 2.57. The number of amides is 1. The van der Waals surface area contributed by atoms with Crippen LogP contribution in [0.15, 0.2) is 29.2 Å². The molecule has 2 aromatic heterocycles. The van der Waals surface area contributed by atoms with Gasteiger partial charge in [0.1, 0.15) is 11.2 Å². The Morgan fingerprint density at radius 1 is 1.30 bits per heavy atom. The quantitative estimate of drug-likeness (QED) is 0.804. The molecule has 0 aliphatic rings. The predicted molar refractivity (Wildman–Crippen MR) is 108 cm³/mol. The first kappa shape index (κ1) is 20.8. The summed E-state index contributed by atoms with van der Waals surface area (Å²) in [5.74, 6) is -0.352. The molecule has 0 aromatic carbocycles. The third kappa shape index (κ3) is 5.72. The molecule has 7 heteroatoms. The average Bonchev–Trinajstić information content (AvgIpc) is 2.89. The van der Waals surface area contributed by atoms with Gasteiger partial charge in [0.25, 0.3) is 5.56 Å². The zero-order valence-electron chi connectivity index (χ0n) is 16.1. The molecule has 0 radical (unpaired) electrons. The van der Waals surface area contributed by atoms with Crippen LogP contribution in [0.2, 0.25) is 0 Å². The summed E-state index contributed by atoms with van der Waals surface area (Å²) < 4.78 is 2.26. The monoisotopic (exact) mass is 387 g/mol. The molecule has 0 aliphatic heterocycles. The summed E-state index contributed by atoms with van der Waals surface area (Å²) in [7, 11) is 0. The molecule has 0 bridgehead atoms. The number of ketones is 1. The number of aromatic nitrogens is 2. The van der Waals surface area contributed by atoms with Gasteiger partial charge in [-0.2, -0.15) is 0 Å². The largest absolute Gasteiger partial charge is 0.355 e. The Hall–Kier alpha value is -2.54. The van der Waals surface area contributed by atoms with Gasteiger partial charge < -0.3 is 5.32 Å². The summed E-state index contributed by atoms with van der Waals surface area (Å²) in [6.07, 6.45) is 5.58. The van der Waals surface area contributed by atoms with E-state index in [1.807, 2.05) is 33.8 Å². The van der Waals surface area contributed by atoms with E-state index >= 15 is 0 Å². The van der Waals surface area contributed by atoms with Crippen molar-refractivity contribution in [1.82, 2.24) is 14.9 Å². The zero-order chi connectivity index (χ0) is 20.0. The maximum absolute atomic E-state index is 12.8. The van der Waals surface area contributed by atoms with Gasteiger partial charge >= 0.3 is 0 Å². The molecule has 0 spiro atoms. The van der Waals surface area contributed by atoms with Crippen molar-refractivity contribution in [3.63, 3.8) is 0 Å². The fourth-order valence-electron chi connectivity index (χ4n) is 2.18. The number of rotatable bonds is 6. The summed E-state index contributed by atoms with van der Waals surface area (Å²) in [4.78, 5) is 41.6. The summed E-state index contributed by atoms with van der Waals surface area (Å²) in [5, 5.41) is 2.76. The fourth-order valence-corrected chi connectivity index (χ4v) is 3.21. The van der Waals surface area contributed by atoms with Crippen LogP contribution in [0.25, 0.3) is 12.2 Å². The third-order valence-corrected chi connectivity index (χ3v) is 4.83. The molecule has 1 amide bonds. The number of nitrogens with zero attached hydrogens (tertiary/aromatic N) is 2. The second-order valence-electron chi connectivity index (χ2n) is 7.20. The standard InChI is InChI=1S/C20H25N3O3S/c1-5-9-22-17(25)13-23-18(12-16(24)20(2,3)4)27-15(19(23)26)11-14-8-6-7-10-21-14/h6-8,10-12H,5,9,13H2,1-4H3,(H,22,25)/b15-11+,18-12-. The molecule has 0 saturated carbocycles. The third-order valence-electron chi connectivity index (χ3n) is 3.77. The molecule has 0 unspecified atom stereocenters. The highest BCUT2D eigenvalue weighted by molar-refractivity contribution is 7.07. The van der Waals surface area contributed by atoms with Crippen LogP contribution in [0.1, 0.15) is 39.8 Å². The summed E-state index contributed by atoms with van der Waals surface area (Å²) >= 11 is 1.19. The molecular formula is C20H25N3O3S. The highest BCUT2D eigenvalue weighted by Gasteiger charge is 2.20. The van der Waals surface area contributed by atoms with Crippen molar-refractivity contribution in [2.75, 3.05) is 6.54 Å². The van der Waals surface area contributed by atoms with Crippen LogP contribution in [0.5, 0.6) is 0 Å². The number of hydrogen-bond donors (Lipinski definition) is 1. The van der Waals surface area contributed by atoms with E-state index < -0.39 is 5.41 Å². The molecule has 0 aliphatic carbocycles. The van der Waals surface area contributed by atoms with E-state index in [9.17, 15) is 14.4 Å². The highest BCUT2D eigenvalue weighted by Crippen LogP contribution is 2.14. The van der Waals surface area contributed by atoms with Crippen molar-refractivity contribution in [2.24, 2.45) is 5.41 Å². The number of carbonyl (C=O) groups is 2. The smallest absolute Gasteiger partial charge is 0.269 e. The molecule has 144 valence electrons. The Morgan fingerprint density at radius 3 is 2.63 bits per heavy atom. The van der Waals surface area contributed by atoms with Crippen LogP contribution < -0.4 is 20.1 Å². The molecule has 6 nitrogen and oxygen atoms in total. The van der Waals surface area contributed by atoms with Crippen molar-refractivity contribution >= 4 is 35.2 Å². The predicted octanol–water partition coefficient (Wildman–Crippen LogP) is 1.06. The van der Waals surface area contributed by atoms with E-state index in [1.54, 1.807) is 24.4 Å². The van der Waals surface area contributed by atoms with Gasteiger partial charge in [-0.05, 0) is 24.6 Å². The second kappa shape index (κ2) is 8.90. The van der Waals surface area contributed by atoms with Crippen LogP contribution in [-0.4, -0.2) is 27.8 Å². The van der Waals surface area contributed by atoms with E-state index in [0.29, 0.717) is 21.4 Å². The first-order chi connectivity index (χ1) is 12.7. The van der Waals surface area contributed by atoms with Crippen molar-refractivity contribution in [3.8, 4) is 0 Å². The summed E-state index contributed by atoms with van der Waals surface area (Å²) in [6.45, 7) is 7.84. The SMILES string of the molecule is CCCNC(=O)Cn1c(=O)/c(=C\c2ccccn2)s/c1=C\C(=O)C(C)(C)C. The van der Waals surface area contributed by atoms with E-state index in [4.69, 9.17) is 0 Å². The van der Waals surface area contributed by atoms with Crippen LogP contribution in [0, 0.1) is 5.41 Å². The number of Topliss-reactive ketones (excluding diaryl/α,β-unsaturated/α-hetero) is 1. The van der Waals surface area contributed by atoms with Crippen molar-refractivity contribution < 1.29 is 9.59 Å². The summed E-state index contributed by atoms with van der Waals surface area (Å²) in [6, 6.07) is 5.42. The Kier molecular flexibility index (Phi) is 6.85. The van der Waals surface area contributed by atoms with Crippen LogP contribution >= 0.6 is 11.3 Å². The molecule has 2 heterocycles. The molecule has 2 rings (SSSR count). The molecule has 0 saturated heterocycles. The topological polar surface area (TPSA) is 81.1 Å². The van der Waals surface area contributed by atoms with Gasteiger partial charge in [0.15, 0.2) is 5.78 Å². The molecule has 0 atom stereocenters. The number of hydrogen-bond acceptors (Lipinski definition) is 5. The van der Waals surface area contributed by atoms with Crippen molar-refractivity contribution in [2.45, 2.75) is 40.7 Å². The Labute approximate surface area is 162 Å². The van der Waals surface area contributed by atoms with Gasteiger partial charge in [0.2, 0.25) is 5.91 Å². The minimum atomic E-state index is -0.569. The minimum absolute atomic E-state index is 0.101. The van der Waals surface area contributed by atoms with Crippen LogP contribution in [0.4, 0.5) is 0 Å². The van der Waals surface area contributed by atoms with Gasteiger partial charge in [-0.15, -0.1) is 11.3 Å². The Morgan fingerprint density at radius 2 is 2.04 bits per heavy atom. The van der Waals surface area contributed by atoms with Crippen LogP contribution in [-0.2, 0) is 16.1 Å². The summed E-state index contributed by atoms with van der Waals surface area (Å²) in [5.41, 5.74) is -0.224. The minimum Gasteiger partial charge on any atom is -0.355 e. The molecule has 1 N–H and O–H groups in total. The first-order valence-corrected chi connectivity index (χ1v) is 9.69. The number of nitrogens with one attached hydrogen (secondary N) is 1.